The molecule has 0 radical (unpaired) electrons. The number of hydrogen-bond donors (Lipinski definition) is 1. The molecule has 0 aromatic carbocycles. The second-order valence-corrected chi connectivity index (χ2v) is 2.94. The Hall–Kier alpha value is -0.120. The van der Waals surface area contributed by atoms with Gasteiger partial charge in [-0.2, -0.15) is 0 Å². The highest BCUT2D eigenvalue weighted by molar-refractivity contribution is 4.58. The molecule has 3 nitrogen and oxygen atoms in total. The fraction of sp³-hybridized carbons (Fsp3) is 1.00. The summed E-state index contributed by atoms with van der Waals surface area (Å²) in [6, 6.07) is 0. The molecule has 1 N–H and O–H groups in total. The van der Waals surface area contributed by atoms with Crippen LogP contribution in [0.2, 0.25) is 0 Å². The number of rotatable bonds is 8. The van der Waals surface area contributed by atoms with Crippen molar-refractivity contribution < 1.29 is 14.6 Å². The minimum Gasteiger partial charge on any atom is -0.396 e. The lowest BCUT2D eigenvalue weighted by Gasteiger charge is -2.14. The molecule has 0 unspecified atom stereocenters. The molecule has 0 amide bonds. The lowest BCUT2D eigenvalue weighted by Crippen LogP contribution is -2.09. The molecular formula is C9H20O3. The van der Waals surface area contributed by atoms with Crippen molar-refractivity contribution >= 4 is 0 Å². The third-order valence-corrected chi connectivity index (χ3v) is 2.00. The predicted octanol–water partition coefficient (Wildman–Crippen LogP) is 1.06. The molecule has 3 heteroatoms. The van der Waals surface area contributed by atoms with Gasteiger partial charge in [0.15, 0.2) is 0 Å². The SMILES string of the molecule is COCCC(CCO)CCOC. The van der Waals surface area contributed by atoms with E-state index in [0.717, 1.165) is 32.5 Å². The van der Waals surface area contributed by atoms with Crippen LogP contribution in [0.1, 0.15) is 19.3 Å². The first-order valence-corrected chi connectivity index (χ1v) is 4.43. The maximum atomic E-state index is 8.75. The summed E-state index contributed by atoms with van der Waals surface area (Å²) in [5.41, 5.74) is 0. The molecule has 0 spiro atoms. The van der Waals surface area contributed by atoms with E-state index in [9.17, 15) is 0 Å². The van der Waals surface area contributed by atoms with E-state index in [2.05, 4.69) is 0 Å². The van der Waals surface area contributed by atoms with Gasteiger partial charge in [0.1, 0.15) is 0 Å². The summed E-state index contributed by atoms with van der Waals surface area (Å²) in [4.78, 5) is 0. The van der Waals surface area contributed by atoms with Gasteiger partial charge in [0.05, 0.1) is 0 Å². The molecule has 0 aromatic rings. The highest BCUT2D eigenvalue weighted by atomic mass is 16.5. The lowest BCUT2D eigenvalue weighted by molar-refractivity contribution is 0.134. The summed E-state index contributed by atoms with van der Waals surface area (Å²) in [5.74, 6) is 0.537. The van der Waals surface area contributed by atoms with Crippen molar-refractivity contribution in [1.82, 2.24) is 0 Å². The lowest BCUT2D eigenvalue weighted by atomic mass is 9.99. The summed E-state index contributed by atoms with van der Waals surface area (Å²) >= 11 is 0. The first-order chi connectivity index (χ1) is 5.85. The average Bonchev–Trinajstić information content (AvgIpc) is 2.10. The van der Waals surface area contributed by atoms with Gasteiger partial charge in [0, 0.05) is 34.0 Å². The Morgan fingerprint density at radius 2 is 1.50 bits per heavy atom. The minimum atomic E-state index is 0.262. The van der Waals surface area contributed by atoms with Gasteiger partial charge in [-0.25, -0.2) is 0 Å². The smallest absolute Gasteiger partial charge is 0.0464 e. The van der Waals surface area contributed by atoms with Crippen LogP contribution in [0.4, 0.5) is 0 Å². The predicted molar refractivity (Wildman–Crippen MR) is 48.2 cm³/mol. The summed E-state index contributed by atoms with van der Waals surface area (Å²) < 4.78 is 9.95. The van der Waals surface area contributed by atoms with Crippen molar-refractivity contribution in [3.63, 3.8) is 0 Å². The molecular weight excluding hydrogens is 156 g/mol. The van der Waals surface area contributed by atoms with Crippen LogP contribution in [0, 0.1) is 5.92 Å². The average molecular weight is 176 g/mol. The standard InChI is InChI=1S/C9H20O3/c1-11-7-4-9(3-6-10)5-8-12-2/h9-10H,3-8H2,1-2H3. The topological polar surface area (TPSA) is 38.7 Å². The summed E-state index contributed by atoms with van der Waals surface area (Å²) in [5, 5.41) is 8.75. The molecule has 74 valence electrons. The molecule has 0 aliphatic rings. The highest BCUT2D eigenvalue weighted by Gasteiger charge is 2.06. The van der Waals surface area contributed by atoms with E-state index in [4.69, 9.17) is 14.6 Å². The third-order valence-electron chi connectivity index (χ3n) is 2.00. The van der Waals surface area contributed by atoms with E-state index in [1.165, 1.54) is 0 Å². The molecule has 0 rings (SSSR count). The first-order valence-electron chi connectivity index (χ1n) is 4.43. The first kappa shape index (κ1) is 11.9. The van der Waals surface area contributed by atoms with Crippen LogP contribution in [-0.2, 0) is 9.47 Å². The van der Waals surface area contributed by atoms with Crippen LogP contribution in [0.5, 0.6) is 0 Å². The quantitative estimate of drug-likeness (QED) is 0.601. The normalized spacial score (nSPS) is 11.0. The number of ether oxygens (including phenoxy) is 2. The van der Waals surface area contributed by atoms with Crippen molar-refractivity contribution in [1.29, 1.82) is 0 Å². The van der Waals surface area contributed by atoms with Crippen molar-refractivity contribution in [3.8, 4) is 0 Å². The van der Waals surface area contributed by atoms with E-state index in [1.54, 1.807) is 14.2 Å². The molecule has 0 heterocycles. The molecule has 0 bridgehead atoms. The van der Waals surface area contributed by atoms with Crippen LogP contribution >= 0.6 is 0 Å². The van der Waals surface area contributed by atoms with Crippen LogP contribution in [-0.4, -0.2) is 39.1 Å². The van der Waals surface area contributed by atoms with E-state index < -0.39 is 0 Å². The fourth-order valence-corrected chi connectivity index (χ4v) is 1.18. The van der Waals surface area contributed by atoms with E-state index >= 15 is 0 Å². The zero-order chi connectivity index (χ0) is 9.23. The minimum absolute atomic E-state index is 0.262. The van der Waals surface area contributed by atoms with Crippen molar-refractivity contribution in [3.05, 3.63) is 0 Å². The Balaban J connectivity index is 3.40. The van der Waals surface area contributed by atoms with Crippen molar-refractivity contribution in [2.24, 2.45) is 5.92 Å². The Morgan fingerprint density at radius 3 is 1.83 bits per heavy atom. The van der Waals surface area contributed by atoms with E-state index in [-0.39, 0.29) is 6.61 Å². The Bertz CT molecular complexity index is 77.8. The van der Waals surface area contributed by atoms with Gasteiger partial charge >= 0.3 is 0 Å². The van der Waals surface area contributed by atoms with Crippen LogP contribution in [0.15, 0.2) is 0 Å². The van der Waals surface area contributed by atoms with Crippen molar-refractivity contribution in [2.75, 3.05) is 34.0 Å². The Morgan fingerprint density at radius 1 is 1.00 bits per heavy atom. The van der Waals surface area contributed by atoms with Crippen molar-refractivity contribution in [2.45, 2.75) is 19.3 Å². The highest BCUT2D eigenvalue weighted by Crippen LogP contribution is 2.12. The summed E-state index contributed by atoms with van der Waals surface area (Å²) in [7, 11) is 3.40. The van der Waals surface area contributed by atoms with Gasteiger partial charge in [-0.3, -0.25) is 0 Å². The number of methoxy groups -OCH3 is 2. The molecule has 0 aromatic heterocycles. The van der Waals surface area contributed by atoms with Gasteiger partial charge in [0.2, 0.25) is 0 Å². The maximum absolute atomic E-state index is 8.75. The zero-order valence-corrected chi connectivity index (χ0v) is 8.08. The van der Waals surface area contributed by atoms with Gasteiger partial charge < -0.3 is 14.6 Å². The number of aliphatic hydroxyl groups is 1. The second-order valence-electron chi connectivity index (χ2n) is 2.94. The molecule has 0 aliphatic heterocycles. The Kier molecular flexibility index (Phi) is 8.88. The molecule has 0 saturated heterocycles. The van der Waals surface area contributed by atoms with Gasteiger partial charge in [-0.15, -0.1) is 0 Å². The van der Waals surface area contributed by atoms with E-state index in [1.807, 2.05) is 0 Å². The van der Waals surface area contributed by atoms with Crippen LogP contribution < -0.4 is 0 Å². The molecule has 0 atom stereocenters. The molecule has 12 heavy (non-hydrogen) atoms. The Labute approximate surface area is 74.7 Å². The number of hydrogen-bond acceptors (Lipinski definition) is 3. The second kappa shape index (κ2) is 8.97. The monoisotopic (exact) mass is 176 g/mol. The van der Waals surface area contributed by atoms with Crippen LogP contribution in [0.3, 0.4) is 0 Å². The zero-order valence-electron chi connectivity index (χ0n) is 8.08. The number of aliphatic hydroxyl groups excluding tert-OH is 1. The molecule has 0 fully saturated rings. The molecule has 0 aliphatic carbocycles. The van der Waals surface area contributed by atoms with Gasteiger partial charge in [0.25, 0.3) is 0 Å². The van der Waals surface area contributed by atoms with Crippen LogP contribution in [0.25, 0.3) is 0 Å². The largest absolute Gasteiger partial charge is 0.396 e. The molecule has 0 saturated carbocycles. The van der Waals surface area contributed by atoms with E-state index in [0.29, 0.717) is 5.92 Å². The fourth-order valence-electron chi connectivity index (χ4n) is 1.18. The summed E-state index contributed by atoms with van der Waals surface area (Å²) in [6.45, 7) is 1.81. The third kappa shape index (κ3) is 6.58. The maximum Gasteiger partial charge on any atom is 0.0464 e. The van der Waals surface area contributed by atoms with Gasteiger partial charge in [-0.05, 0) is 25.2 Å². The summed E-state index contributed by atoms with van der Waals surface area (Å²) in [6.07, 6.45) is 2.88. The van der Waals surface area contributed by atoms with Gasteiger partial charge in [-0.1, -0.05) is 0 Å².